The van der Waals surface area contributed by atoms with Crippen LogP contribution >= 0.6 is 23.4 Å². The van der Waals surface area contributed by atoms with Gasteiger partial charge in [-0.3, -0.25) is 0 Å². The van der Waals surface area contributed by atoms with E-state index in [1.54, 1.807) is 0 Å². The van der Waals surface area contributed by atoms with Crippen LogP contribution in [0.15, 0.2) is 24.3 Å². The third-order valence-corrected chi connectivity index (χ3v) is 7.40. The molecule has 0 atom stereocenters. The van der Waals surface area contributed by atoms with Crippen LogP contribution in [-0.2, 0) is 0 Å². The summed E-state index contributed by atoms with van der Waals surface area (Å²) in [6.07, 6.45) is 0. The molecule has 1 fully saturated rings. The van der Waals surface area contributed by atoms with Crippen molar-refractivity contribution in [1.82, 2.24) is 4.90 Å². The fraction of sp³-hybridized carbons (Fsp3) is 0.364. The molecular formula is C11H12ClNSSe2. The third-order valence-electron chi connectivity index (χ3n) is 2.30. The van der Waals surface area contributed by atoms with Crippen molar-refractivity contribution in [2.75, 3.05) is 24.6 Å². The number of rotatable bonds is 3. The second-order valence-electron chi connectivity index (χ2n) is 3.40. The van der Waals surface area contributed by atoms with Gasteiger partial charge in [0.25, 0.3) is 0 Å². The molecular weight excluding hydrogens is 372 g/mol. The van der Waals surface area contributed by atoms with Gasteiger partial charge < -0.3 is 0 Å². The number of hydrogen-bond donors (Lipinski definition) is 0. The summed E-state index contributed by atoms with van der Waals surface area (Å²) >= 11 is 11.8. The minimum atomic E-state index is 0.320. The minimum absolute atomic E-state index is 0.320. The molecule has 0 amide bonds. The van der Waals surface area contributed by atoms with E-state index < -0.39 is 0 Å². The molecule has 1 aliphatic rings. The van der Waals surface area contributed by atoms with E-state index in [1.165, 1.54) is 32.5 Å². The monoisotopic (exact) mass is 385 g/mol. The Morgan fingerprint density at radius 1 is 1.31 bits per heavy atom. The molecule has 2 rings (SSSR count). The Balaban J connectivity index is 1.99. The van der Waals surface area contributed by atoms with Crippen LogP contribution in [0, 0.1) is 0 Å². The predicted molar refractivity (Wildman–Crippen MR) is 76.5 cm³/mol. The van der Waals surface area contributed by atoms with Gasteiger partial charge in [0.15, 0.2) is 0 Å². The van der Waals surface area contributed by atoms with E-state index in [-0.39, 0.29) is 0 Å². The second kappa shape index (κ2) is 6.49. The third kappa shape index (κ3) is 3.53. The van der Waals surface area contributed by atoms with Crippen molar-refractivity contribution in [3.8, 4) is 0 Å². The van der Waals surface area contributed by atoms with Crippen molar-refractivity contribution in [3.63, 3.8) is 0 Å². The van der Waals surface area contributed by atoms with Crippen molar-refractivity contribution in [2.45, 2.75) is 0 Å². The molecule has 86 valence electrons. The number of hydrogen-bond acceptors (Lipinski definition) is 2. The SMILES string of the molecule is Clc1ccccc1[Se]C(=[Se])N1CCSCC1. The van der Waals surface area contributed by atoms with E-state index in [0.29, 0.717) is 15.0 Å². The maximum atomic E-state index is 6.17. The van der Waals surface area contributed by atoms with E-state index in [1.807, 2.05) is 23.9 Å². The standard InChI is InChI=1S/C11H12ClNSSe2/c12-9-3-1-2-4-10(9)16-11(15)13-5-7-14-8-6-13/h1-4H,5-8H2. The molecule has 1 aromatic carbocycles. The summed E-state index contributed by atoms with van der Waals surface area (Å²) in [5.74, 6) is 2.48. The van der Waals surface area contributed by atoms with Crippen molar-refractivity contribution in [2.24, 2.45) is 0 Å². The van der Waals surface area contributed by atoms with Crippen LogP contribution in [-0.4, -0.2) is 63.5 Å². The molecule has 5 heteroatoms. The van der Waals surface area contributed by atoms with Crippen LogP contribution in [0.2, 0.25) is 5.02 Å². The first-order valence-corrected chi connectivity index (χ1v) is 9.16. The Kier molecular flexibility index (Phi) is 5.28. The average Bonchev–Trinajstić information content (AvgIpc) is 2.33. The molecule has 1 saturated heterocycles. The molecule has 0 spiro atoms. The molecule has 1 aromatic rings. The van der Waals surface area contributed by atoms with Crippen LogP contribution < -0.4 is 4.46 Å². The predicted octanol–water partition coefficient (Wildman–Crippen LogP) is 0.974. The molecule has 16 heavy (non-hydrogen) atoms. The van der Waals surface area contributed by atoms with Gasteiger partial charge in [0.2, 0.25) is 0 Å². The summed E-state index contributed by atoms with van der Waals surface area (Å²) in [4.78, 5) is 2.46. The van der Waals surface area contributed by atoms with E-state index in [4.69, 9.17) is 11.6 Å². The number of thioether (sulfide) groups is 1. The molecule has 0 radical (unpaired) electrons. The molecule has 1 aliphatic heterocycles. The first-order valence-electron chi connectivity index (χ1n) is 5.06. The molecule has 0 bridgehead atoms. The first kappa shape index (κ1) is 13.0. The van der Waals surface area contributed by atoms with Crippen molar-refractivity contribution in [3.05, 3.63) is 29.3 Å². The Morgan fingerprint density at radius 2 is 2.00 bits per heavy atom. The van der Waals surface area contributed by atoms with Crippen LogP contribution in [0.4, 0.5) is 0 Å². The molecule has 0 aromatic heterocycles. The van der Waals surface area contributed by atoms with Crippen molar-refractivity contribution < 1.29 is 0 Å². The molecule has 0 N–H and O–H groups in total. The summed E-state index contributed by atoms with van der Waals surface area (Å²) in [5, 5.41) is 0.890. The molecule has 1 heterocycles. The van der Waals surface area contributed by atoms with Gasteiger partial charge in [-0.15, -0.1) is 0 Å². The van der Waals surface area contributed by atoms with Crippen LogP contribution in [0.5, 0.6) is 0 Å². The van der Waals surface area contributed by atoms with Gasteiger partial charge in [-0.2, -0.15) is 0 Å². The normalized spacial score (nSPS) is 16.2. The zero-order chi connectivity index (χ0) is 11.4. The maximum absolute atomic E-state index is 6.17. The Hall–Kier alpha value is 0.569. The van der Waals surface area contributed by atoms with Crippen molar-refractivity contribution in [1.29, 1.82) is 0 Å². The molecule has 0 saturated carbocycles. The zero-order valence-electron chi connectivity index (χ0n) is 8.69. The van der Waals surface area contributed by atoms with E-state index >= 15 is 0 Å². The Bertz CT molecular complexity index is 380. The van der Waals surface area contributed by atoms with E-state index in [0.717, 1.165) is 5.02 Å². The van der Waals surface area contributed by atoms with E-state index in [9.17, 15) is 0 Å². The fourth-order valence-corrected chi connectivity index (χ4v) is 5.74. The summed E-state index contributed by atoms with van der Waals surface area (Å²) in [6.45, 7) is 2.33. The molecule has 1 nitrogen and oxygen atoms in total. The van der Waals surface area contributed by atoms with Crippen LogP contribution in [0.1, 0.15) is 0 Å². The Morgan fingerprint density at radius 3 is 2.69 bits per heavy atom. The molecule has 0 aliphatic carbocycles. The second-order valence-corrected chi connectivity index (χ2v) is 9.31. The Labute approximate surface area is 120 Å². The summed E-state index contributed by atoms with van der Waals surface area (Å²) in [5.41, 5.74) is 0. The van der Waals surface area contributed by atoms with Gasteiger partial charge in [-0.25, -0.2) is 0 Å². The van der Waals surface area contributed by atoms with Crippen LogP contribution in [0.3, 0.4) is 0 Å². The average molecular weight is 384 g/mol. The quantitative estimate of drug-likeness (QED) is 0.716. The first-order chi connectivity index (χ1) is 7.77. The van der Waals surface area contributed by atoms with Gasteiger partial charge in [0.05, 0.1) is 0 Å². The van der Waals surface area contributed by atoms with Gasteiger partial charge in [0.1, 0.15) is 0 Å². The van der Waals surface area contributed by atoms with Gasteiger partial charge in [-0.05, 0) is 0 Å². The summed E-state index contributed by atoms with van der Waals surface area (Å²) in [7, 11) is 0. The van der Waals surface area contributed by atoms with Gasteiger partial charge in [0, 0.05) is 0 Å². The summed E-state index contributed by atoms with van der Waals surface area (Å²) in [6, 6.07) is 8.14. The van der Waals surface area contributed by atoms with E-state index in [2.05, 4.69) is 32.6 Å². The number of halogens is 1. The van der Waals surface area contributed by atoms with Gasteiger partial charge in [-0.1, -0.05) is 0 Å². The number of benzene rings is 1. The van der Waals surface area contributed by atoms with Gasteiger partial charge >= 0.3 is 121 Å². The topological polar surface area (TPSA) is 3.24 Å². The summed E-state index contributed by atoms with van der Waals surface area (Å²) < 4.78 is 2.64. The van der Waals surface area contributed by atoms with Crippen molar-refractivity contribution >= 4 is 61.8 Å². The van der Waals surface area contributed by atoms with Crippen LogP contribution in [0.25, 0.3) is 0 Å². The molecule has 0 unspecified atom stereocenters. The number of nitrogens with zero attached hydrogens (tertiary/aromatic N) is 1. The fourth-order valence-electron chi connectivity index (χ4n) is 1.43. The zero-order valence-corrected chi connectivity index (χ0v) is 13.7.